The summed E-state index contributed by atoms with van der Waals surface area (Å²) in [5.74, 6) is -0.397. The molecule has 1 heterocycles. The Morgan fingerprint density at radius 2 is 2.29 bits per heavy atom. The molecule has 1 N–H and O–H groups in total. The van der Waals surface area contributed by atoms with E-state index in [0.717, 1.165) is 0 Å². The molecule has 1 aromatic heterocycles. The van der Waals surface area contributed by atoms with Gasteiger partial charge in [-0.15, -0.1) is 0 Å². The van der Waals surface area contributed by atoms with Gasteiger partial charge in [-0.25, -0.2) is 9.78 Å². The van der Waals surface area contributed by atoms with E-state index in [2.05, 4.69) is 25.7 Å². The Bertz CT molecular complexity index is 496. The minimum Gasteiger partial charge on any atom is -0.467 e. The molecule has 1 unspecified atom stereocenters. The Morgan fingerprint density at radius 3 is 2.82 bits per heavy atom. The number of hydrogen-bond donors (Lipinski definition) is 1. The van der Waals surface area contributed by atoms with Gasteiger partial charge in [-0.2, -0.15) is 0 Å². The standard InChI is InChI=1S/C10H13BrN2O4/c1-6-12-4-7(11)8(14)13(6)5-10(2,16)9(15)17-3/h4,16H,5H2,1-3H3. The Kier molecular flexibility index (Phi) is 4.05. The lowest BCUT2D eigenvalue weighted by Crippen LogP contribution is -2.44. The molecular weight excluding hydrogens is 292 g/mol. The average Bonchev–Trinajstić information content (AvgIpc) is 2.28. The lowest BCUT2D eigenvalue weighted by atomic mass is 10.1. The predicted octanol–water partition coefficient (Wildman–Crippen LogP) is 0.238. The number of methoxy groups -OCH3 is 1. The maximum absolute atomic E-state index is 11.8. The number of rotatable bonds is 3. The first-order valence-corrected chi connectivity index (χ1v) is 5.61. The summed E-state index contributed by atoms with van der Waals surface area (Å²) in [4.78, 5) is 27.1. The first-order valence-electron chi connectivity index (χ1n) is 4.82. The summed E-state index contributed by atoms with van der Waals surface area (Å²) < 4.78 is 5.94. The third-order valence-corrected chi connectivity index (χ3v) is 2.84. The van der Waals surface area contributed by atoms with E-state index in [4.69, 9.17) is 0 Å². The van der Waals surface area contributed by atoms with Gasteiger partial charge in [0.1, 0.15) is 10.3 Å². The fourth-order valence-corrected chi connectivity index (χ4v) is 1.65. The summed E-state index contributed by atoms with van der Waals surface area (Å²) in [6.45, 7) is 2.68. The number of carbonyl (C=O) groups is 1. The van der Waals surface area contributed by atoms with Gasteiger partial charge in [0, 0.05) is 6.20 Å². The van der Waals surface area contributed by atoms with Gasteiger partial charge in [0.15, 0.2) is 5.60 Å². The second-order valence-electron chi connectivity index (χ2n) is 3.81. The summed E-state index contributed by atoms with van der Waals surface area (Å²) in [6.07, 6.45) is 1.38. The van der Waals surface area contributed by atoms with Gasteiger partial charge in [0.05, 0.1) is 13.7 Å². The first kappa shape index (κ1) is 13.9. The first-order chi connectivity index (χ1) is 7.79. The second-order valence-corrected chi connectivity index (χ2v) is 4.66. The Labute approximate surface area is 106 Å². The molecule has 0 spiro atoms. The zero-order valence-corrected chi connectivity index (χ0v) is 11.3. The van der Waals surface area contributed by atoms with Crippen molar-refractivity contribution in [3.05, 3.63) is 26.8 Å². The van der Waals surface area contributed by atoms with Crippen LogP contribution in [0.2, 0.25) is 0 Å². The molecule has 6 nitrogen and oxygen atoms in total. The zero-order valence-electron chi connectivity index (χ0n) is 9.73. The number of aryl methyl sites for hydroxylation is 1. The van der Waals surface area contributed by atoms with Crippen LogP contribution in [-0.2, 0) is 16.1 Å². The molecule has 94 valence electrons. The molecular formula is C10H13BrN2O4. The molecule has 0 aliphatic heterocycles. The van der Waals surface area contributed by atoms with Gasteiger partial charge in [-0.1, -0.05) is 0 Å². The topological polar surface area (TPSA) is 81.4 Å². The van der Waals surface area contributed by atoms with Crippen LogP contribution in [-0.4, -0.2) is 33.3 Å². The van der Waals surface area contributed by atoms with Crippen LogP contribution in [0.1, 0.15) is 12.7 Å². The van der Waals surface area contributed by atoms with Crippen molar-refractivity contribution in [2.24, 2.45) is 0 Å². The number of aromatic nitrogens is 2. The predicted molar refractivity (Wildman–Crippen MR) is 63.6 cm³/mol. The highest BCUT2D eigenvalue weighted by molar-refractivity contribution is 9.10. The van der Waals surface area contributed by atoms with E-state index >= 15 is 0 Å². The van der Waals surface area contributed by atoms with Gasteiger partial charge in [0.2, 0.25) is 0 Å². The monoisotopic (exact) mass is 304 g/mol. The number of halogens is 1. The summed E-state index contributed by atoms with van der Waals surface area (Å²) in [7, 11) is 1.17. The molecule has 7 heteroatoms. The highest BCUT2D eigenvalue weighted by Crippen LogP contribution is 2.10. The molecule has 1 aromatic rings. The van der Waals surface area contributed by atoms with Crippen molar-refractivity contribution in [2.45, 2.75) is 26.0 Å². The molecule has 0 saturated heterocycles. The summed E-state index contributed by atoms with van der Waals surface area (Å²) in [5, 5.41) is 9.90. The number of esters is 1. The van der Waals surface area contributed by atoms with Gasteiger partial charge in [0.25, 0.3) is 5.56 Å². The normalized spacial score (nSPS) is 14.2. The van der Waals surface area contributed by atoms with Crippen molar-refractivity contribution < 1.29 is 14.6 Å². The Hall–Kier alpha value is -1.21. The van der Waals surface area contributed by atoms with Crippen molar-refractivity contribution in [3.63, 3.8) is 0 Å². The molecule has 0 aromatic carbocycles. The van der Waals surface area contributed by atoms with Crippen LogP contribution in [0.5, 0.6) is 0 Å². The smallest absolute Gasteiger partial charge is 0.339 e. The van der Waals surface area contributed by atoms with Crippen molar-refractivity contribution in [3.8, 4) is 0 Å². The maximum Gasteiger partial charge on any atom is 0.339 e. The molecule has 17 heavy (non-hydrogen) atoms. The van der Waals surface area contributed by atoms with E-state index in [0.29, 0.717) is 5.82 Å². The number of ether oxygens (including phenoxy) is 1. The summed E-state index contributed by atoms with van der Waals surface area (Å²) >= 11 is 3.05. The molecule has 0 amide bonds. The van der Waals surface area contributed by atoms with Crippen LogP contribution in [0.15, 0.2) is 15.5 Å². The van der Waals surface area contributed by atoms with Gasteiger partial charge in [-0.05, 0) is 29.8 Å². The molecule has 0 aliphatic carbocycles. The van der Waals surface area contributed by atoms with Crippen LogP contribution < -0.4 is 5.56 Å². The Morgan fingerprint density at radius 1 is 1.71 bits per heavy atom. The fourth-order valence-electron chi connectivity index (χ4n) is 1.33. The van der Waals surface area contributed by atoms with E-state index in [1.165, 1.54) is 24.8 Å². The lowest BCUT2D eigenvalue weighted by molar-refractivity contribution is -0.161. The molecule has 0 aliphatic rings. The molecule has 0 radical (unpaired) electrons. The quantitative estimate of drug-likeness (QED) is 0.809. The van der Waals surface area contributed by atoms with Crippen LogP contribution >= 0.6 is 15.9 Å². The van der Waals surface area contributed by atoms with Crippen LogP contribution in [0.3, 0.4) is 0 Å². The number of carbonyl (C=O) groups excluding carboxylic acids is 1. The summed E-state index contributed by atoms with van der Waals surface area (Å²) in [6, 6.07) is 0. The highest BCUT2D eigenvalue weighted by Gasteiger charge is 2.33. The SMILES string of the molecule is COC(=O)C(C)(O)Cn1c(C)ncc(Br)c1=O. The minimum atomic E-state index is -1.77. The fraction of sp³-hybridized carbons (Fsp3) is 0.500. The van der Waals surface area contributed by atoms with E-state index in [9.17, 15) is 14.7 Å². The van der Waals surface area contributed by atoms with E-state index < -0.39 is 11.6 Å². The summed E-state index contributed by atoms with van der Waals surface area (Å²) in [5.41, 5.74) is -2.13. The van der Waals surface area contributed by atoms with Gasteiger partial charge < -0.3 is 9.84 Å². The van der Waals surface area contributed by atoms with Crippen LogP contribution in [0.25, 0.3) is 0 Å². The zero-order chi connectivity index (χ0) is 13.2. The minimum absolute atomic E-state index is 0.212. The van der Waals surface area contributed by atoms with Crippen LogP contribution in [0, 0.1) is 6.92 Å². The van der Waals surface area contributed by atoms with E-state index in [-0.39, 0.29) is 16.6 Å². The van der Waals surface area contributed by atoms with Crippen molar-refractivity contribution in [1.29, 1.82) is 0 Å². The number of aliphatic hydroxyl groups is 1. The molecule has 0 bridgehead atoms. The second kappa shape index (κ2) is 4.97. The average molecular weight is 305 g/mol. The molecule has 0 saturated carbocycles. The van der Waals surface area contributed by atoms with Gasteiger partial charge in [-0.3, -0.25) is 9.36 Å². The van der Waals surface area contributed by atoms with E-state index in [1.807, 2.05) is 0 Å². The highest BCUT2D eigenvalue weighted by atomic mass is 79.9. The maximum atomic E-state index is 11.8. The van der Waals surface area contributed by atoms with Crippen molar-refractivity contribution in [1.82, 2.24) is 9.55 Å². The number of hydrogen-bond acceptors (Lipinski definition) is 5. The Balaban J connectivity index is 3.16. The molecule has 0 fully saturated rings. The van der Waals surface area contributed by atoms with Gasteiger partial charge >= 0.3 is 5.97 Å². The molecule has 1 rings (SSSR count). The largest absolute Gasteiger partial charge is 0.467 e. The van der Waals surface area contributed by atoms with Crippen LogP contribution in [0.4, 0.5) is 0 Å². The third-order valence-electron chi connectivity index (χ3n) is 2.30. The lowest BCUT2D eigenvalue weighted by Gasteiger charge is -2.22. The van der Waals surface area contributed by atoms with E-state index in [1.54, 1.807) is 6.92 Å². The molecule has 1 atom stereocenters. The van der Waals surface area contributed by atoms with Crippen molar-refractivity contribution in [2.75, 3.05) is 7.11 Å². The third kappa shape index (κ3) is 2.92. The van der Waals surface area contributed by atoms with Crippen molar-refractivity contribution >= 4 is 21.9 Å². The number of nitrogens with zero attached hydrogens (tertiary/aromatic N) is 2.